The standard InChI is InChI=1S/C12H24N4O.HI/c1-3-7-14-11(17)6-8-15-12(13-2)16-9-10-4-5-10;/h10H,3-9H2,1-2H3,(H,14,17)(H2,13,15,16);1H. The van der Waals surface area contributed by atoms with Crippen LogP contribution in [0.3, 0.4) is 0 Å². The van der Waals surface area contributed by atoms with Gasteiger partial charge in [-0.2, -0.15) is 0 Å². The summed E-state index contributed by atoms with van der Waals surface area (Å²) in [4.78, 5) is 15.4. The molecule has 1 aliphatic carbocycles. The number of amides is 1. The van der Waals surface area contributed by atoms with Gasteiger partial charge in [-0.1, -0.05) is 6.92 Å². The maximum absolute atomic E-state index is 11.3. The minimum Gasteiger partial charge on any atom is -0.356 e. The Balaban J connectivity index is 0.00000289. The van der Waals surface area contributed by atoms with E-state index < -0.39 is 0 Å². The van der Waals surface area contributed by atoms with Crippen molar-refractivity contribution < 1.29 is 4.79 Å². The van der Waals surface area contributed by atoms with Crippen molar-refractivity contribution in [2.75, 3.05) is 26.7 Å². The number of hydrogen-bond acceptors (Lipinski definition) is 2. The van der Waals surface area contributed by atoms with Crippen molar-refractivity contribution in [3.63, 3.8) is 0 Å². The first-order valence-corrected chi connectivity index (χ1v) is 6.47. The van der Waals surface area contributed by atoms with Gasteiger partial charge in [0.05, 0.1) is 0 Å². The summed E-state index contributed by atoms with van der Waals surface area (Å²) in [5.74, 6) is 1.71. The summed E-state index contributed by atoms with van der Waals surface area (Å²) in [6, 6.07) is 0. The molecule has 5 nitrogen and oxygen atoms in total. The topological polar surface area (TPSA) is 65.5 Å². The molecule has 0 aromatic heterocycles. The molecule has 1 amide bonds. The third kappa shape index (κ3) is 8.54. The summed E-state index contributed by atoms with van der Waals surface area (Å²) >= 11 is 0. The second kappa shape index (κ2) is 10.4. The first-order chi connectivity index (χ1) is 8.26. The molecule has 1 aliphatic rings. The molecule has 1 fully saturated rings. The van der Waals surface area contributed by atoms with Gasteiger partial charge < -0.3 is 16.0 Å². The van der Waals surface area contributed by atoms with Crippen LogP contribution in [0.15, 0.2) is 4.99 Å². The molecule has 1 rings (SSSR count). The third-order valence-electron chi connectivity index (χ3n) is 2.70. The molecule has 0 heterocycles. The fraction of sp³-hybridized carbons (Fsp3) is 0.833. The van der Waals surface area contributed by atoms with E-state index in [1.807, 2.05) is 6.92 Å². The molecule has 0 atom stereocenters. The number of nitrogens with one attached hydrogen (secondary N) is 3. The van der Waals surface area contributed by atoms with Crippen molar-refractivity contribution in [2.45, 2.75) is 32.6 Å². The van der Waals surface area contributed by atoms with E-state index in [9.17, 15) is 4.79 Å². The molecule has 0 aromatic rings. The van der Waals surface area contributed by atoms with Gasteiger partial charge in [0, 0.05) is 33.1 Å². The van der Waals surface area contributed by atoms with Gasteiger partial charge in [0.15, 0.2) is 5.96 Å². The van der Waals surface area contributed by atoms with Crippen molar-refractivity contribution in [2.24, 2.45) is 10.9 Å². The van der Waals surface area contributed by atoms with E-state index in [1.165, 1.54) is 12.8 Å². The lowest BCUT2D eigenvalue weighted by molar-refractivity contribution is -0.120. The molecule has 3 N–H and O–H groups in total. The quantitative estimate of drug-likeness (QED) is 0.358. The Morgan fingerprint density at radius 1 is 1.22 bits per heavy atom. The van der Waals surface area contributed by atoms with E-state index in [0.29, 0.717) is 13.0 Å². The van der Waals surface area contributed by atoms with Gasteiger partial charge in [-0.25, -0.2) is 0 Å². The highest BCUT2D eigenvalue weighted by molar-refractivity contribution is 14.0. The minimum atomic E-state index is 0. The molecule has 18 heavy (non-hydrogen) atoms. The average Bonchev–Trinajstić information content (AvgIpc) is 3.14. The van der Waals surface area contributed by atoms with Crippen LogP contribution in [0.25, 0.3) is 0 Å². The van der Waals surface area contributed by atoms with E-state index in [1.54, 1.807) is 7.05 Å². The molecule has 106 valence electrons. The van der Waals surface area contributed by atoms with Crippen molar-refractivity contribution >= 4 is 35.8 Å². The summed E-state index contributed by atoms with van der Waals surface area (Å²) in [6.07, 6.45) is 4.11. The number of halogens is 1. The van der Waals surface area contributed by atoms with E-state index in [-0.39, 0.29) is 29.9 Å². The van der Waals surface area contributed by atoms with Crippen molar-refractivity contribution in [3.8, 4) is 0 Å². The van der Waals surface area contributed by atoms with Gasteiger partial charge in [0.25, 0.3) is 0 Å². The summed E-state index contributed by atoms with van der Waals surface area (Å²) in [7, 11) is 1.75. The normalized spacial score (nSPS) is 14.7. The molecule has 0 spiro atoms. The van der Waals surface area contributed by atoms with Crippen LogP contribution in [0.5, 0.6) is 0 Å². The van der Waals surface area contributed by atoms with Crippen LogP contribution in [-0.2, 0) is 4.79 Å². The highest BCUT2D eigenvalue weighted by Crippen LogP contribution is 2.27. The summed E-state index contributed by atoms with van der Waals surface area (Å²) in [5.41, 5.74) is 0. The van der Waals surface area contributed by atoms with Crippen LogP contribution in [-0.4, -0.2) is 38.5 Å². The zero-order chi connectivity index (χ0) is 12.5. The highest BCUT2D eigenvalue weighted by atomic mass is 127. The van der Waals surface area contributed by atoms with Gasteiger partial charge >= 0.3 is 0 Å². The monoisotopic (exact) mass is 368 g/mol. The Labute approximate surface area is 127 Å². The molecule has 6 heteroatoms. The molecule has 0 saturated heterocycles. The maximum atomic E-state index is 11.3. The van der Waals surface area contributed by atoms with Gasteiger partial charge in [-0.3, -0.25) is 9.79 Å². The van der Waals surface area contributed by atoms with Crippen LogP contribution >= 0.6 is 24.0 Å². The number of aliphatic imine (C=N–C) groups is 1. The smallest absolute Gasteiger partial charge is 0.221 e. The molecule has 1 saturated carbocycles. The number of hydrogen-bond donors (Lipinski definition) is 3. The van der Waals surface area contributed by atoms with E-state index in [2.05, 4.69) is 20.9 Å². The van der Waals surface area contributed by atoms with Gasteiger partial charge in [-0.05, 0) is 25.2 Å². The first kappa shape index (κ1) is 17.5. The maximum Gasteiger partial charge on any atom is 0.221 e. The molecule has 0 radical (unpaired) electrons. The second-order valence-electron chi connectivity index (χ2n) is 4.42. The molecular weight excluding hydrogens is 343 g/mol. The average molecular weight is 368 g/mol. The Morgan fingerprint density at radius 2 is 1.94 bits per heavy atom. The number of rotatable bonds is 7. The Hall–Kier alpha value is -0.530. The van der Waals surface area contributed by atoms with Crippen LogP contribution in [0.1, 0.15) is 32.6 Å². The third-order valence-corrected chi connectivity index (χ3v) is 2.70. The van der Waals surface area contributed by atoms with Crippen molar-refractivity contribution in [1.82, 2.24) is 16.0 Å². The fourth-order valence-electron chi connectivity index (χ4n) is 1.43. The first-order valence-electron chi connectivity index (χ1n) is 6.47. The summed E-state index contributed by atoms with van der Waals surface area (Å²) in [6.45, 7) is 4.41. The van der Waals surface area contributed by atoms with Crippen LogP contribution in [0, 0.1) is 5.92 Å². The zero-order valence-electron chi connectivity index (χ0n) is 11.3. The Morgan fingerprint density at radius 3 is 2.50 bits per heavy atom. The van der Waals surface area contributed by atoms with Crippen LogP contribution in [0.4, 0.5) is 0 Å². The lowest BCUT2D eigenvalue weighted by Crippen LogP contribution is -2.40. The van der Waals surface area contributed by atoms with Gasteiger partial charge in [0.1, 0.15) is 0 Å². The van der Waals surface area contributed by atoms with Gasteiger partial charge in [-0.15, -0.1) is 24.0 Å². The summed E-state index contributed by atoms with van der Waals surface area (Å²) < 4.78 is 0. The molecule has 0 bridgehead atoms. The largest absolute Gasteiger partial charge is 0.356 e. The highest BCUT2D eigenvalue weighted by Gasteiger charge is 2.20. The number of carbonyl (C=O) groups excluding carboxylic acids is 1. The molecule has 0 aromatic carbocycles. The number of carbonyl (C=O) groups is 1. The van der Waals surface area contributed by atoms with Gasteiger partial charge in [0.2, 0.25) is 5.91 Å². The van der Waals surface area contributed by atoms with Crippen LogP contribution in [0.2, 0.25) is 0 Å². The SMILES string of the molecule is CCCNC(=O)CCNC(=NC)NCC1CC1.I. The molecular formula is C12H25IN4O. The number of nitrogens with zero attached hydrogens (tertiary/aromatic N) is 1. The van der Waals surface area contributed by atoms with E-state index >= 15 is 0 Å². The van der Waals surface area contributed by atoms with Crippen molar-refractivity contribution in [3.05, 3.63) is 0 Å². The lowest BCUT2D eigenvalue weighted by Gasteiger charge is -2.11. The minimum absolute atomic E-state index is 0. The number of guanidine groups is 1. The zero-order valence-corrected chi connectivity index (χ0v) is 13.6. The predicted octanol–water partition coefficient (Wildman–Crippen LogP) is 1.10. The second-order valence-corrected chi connectivity index (χ2v) is 4.42. The predicted molar refractivity (Wildman–Crippen MR) is 85.4 cm³/mol. The van der Waals surface area contributed by atoms with Crippen molar-refractivity contribution in [1.29, 1.82) is 0 Å². The van der Waals surface area contributed by atoms with E-state index in [0.717, 1.165) is 31.4 Å². The Bertz CT molecular complexity index is 267. The lowest BCUT2D eigenvalue weighted by atomic mass is 10.3. The Kier molecular flexibility index (Phi) is 10.1. The summed E-state index contributed by atoms with van der Waals surface area (Å²) in [5, 5.41) is 9.24. The molecule has 0 unspecified atom stereocenters. The van der Waals surface area contributed by atoms with E-state index in [4.69, 9.17) is 0 Å². The fourth-order valence-corrected chi connectivity index (χ4v) is 1.43. The molecule has 0 aliphatic heterocycles. The van der Waals surface area contributed by atoms with Crippen LogP contribution < -0.4 is 16.0 Å².